The Kier molecular flexibility index (Phi) is 4.41. The van der Waals surface area contributed by atoms with E-state index in [9.17, 15) is 0 Å². The van der Waals surface area contributed by atoms with Crippen LogP contribution in [-0.2, 0) is 0 Å². The van der Waals surface area contributed by atoms with Crippen molar-refractivity contribution in [3.8, 4) is 11.4 Å². The number of benzene rings is 2. The van der Waals surface area contributed by atoms with Crippen LogP contribution in [-0.4, -0.2) is 26.9 Å². The van der Waals surface area contributed by atoms with Gasteiger partial charge in [0.1, 0.15) is 17.9 Å². The van der Waals surface area contributed by atoms with E-state index in [2.05, 4.69) is 46.4 Å². The molecule has 0 saturated carbocycles. The number of methoxy groups -OCH3 is 1. The van der Waals surface area contributed by atoms with Crippen molar-refractivity contribution in [3.63, 3.8) is 0 Å². The van der Waals surface area contributed by atoms with Crippen LogP contribution in [0.25, 0.3) is 16.7 Å². The average molecular weight is 380 g/mol. The minimum absolute atomic E-state index is 0.606. The molecule has 4 rings (SSSR count). The third kappa shape index (κ3) is 3.19. The molecule has 0 bridgehead atoms. The number of rotatable bonds is 4. The van der Waals surface area contributed by atoms with Gasteiger partial charge in [-0.1, -0.05) is 29.3 Å². The van der Waals surface area contributed by atoms with Crippen molar-refractivity contribution in [1.29, 1.82) is 0 Å². The molecule has 0 aliphatic carbocycles. The van der Waals surface area contributed by atoms with Crippen molar-refractivity contribution in [3.05, 3.63) is 65.1 Å². The van der Waals surface area contributed by atoms with Crippen LogP contribution in [0.4, 0.5) is 11.5 Å². The van der Waals surface area contributed by atoms with E-state index in [-0.39, 0.29) is 0 Å². The normalized spacial score (nSPS) is 11.0. The van der Waals surface area contributed by atoms with E-state index in [0.29, 0.717) is 16.6 Å². The van der Waals surface area contributed by atoms with E-state index < -0.39 is 0 Å². The summed E-state index contributed by atoms with van der Waals surface area (Å²) in [6, 6.07) is 11.6. The van der Waals surface area contributed by atoms with Crippen LogP contribution in [0.3, 0.4) is 0 Å². The van der Waals surface area contributed by atoms with E-state index >= 15 is 0 Å². The Bertz CT molecular complexity index is 1140. The summed E-state index contributed by atoms with van der Waals surface area (Å²) in [4.78, 5) is 8.81. The second kappa shape index (κ2) is 6.89. The fourth-order valence-electron chi connectivity index (χ4n) is 3.07. The lowest BCUT2D eigenvalue weighted by Crippen LogP contribution is -2.02. The average Bonchev–Trinajstić information content (AvgIpc) is 3.07. The van der Waals surface area contributed by atoms with Crippen LogP contribution in [0.15, 0.2) is 48.9 Å². The number of nitrogens with one attached hydrogen (secondary N) is 1. The van der Waals surface area contributed by atoms with E-state index in [4.69, 9.17) is 16.3 Å². The van der Waals surface area contributed by atoms with E-state index in [0.717, 1.165) is 28.0 Å². The first-order valence-electron chi connectivity index (χ1n) is 8.44. The van der Waals surface area contributed by atoms with E-state index in [1.807, 2.05) is 16.8 Å². The van der Waals surface area contributed by atoms with Crippen molar-refractivity contribution in [2.75, 3.05) is 12.4 Å². The van der Waals surface area contributed by atoms with Gasteiger partial charge in [0.15, 0.2) is 5.65 Å². The largest absolute Gasteiger partial charge is 0.495 e. The maximum Gasteiger partial charge on any atom is 0.168 e. The number of hydrogen-bond donors (Lipinski definition) is 1. The Hall–Kier alpha value is -3.12. The maximum absolute atomic E-state index is 6.13. The van der Waals surface area contributed by atoms with Crippen molar-refractivity contribution in [2.24, 2.45) is 0 Å². The molecule has 2 aromatic carbocycles. The molecule has 0 saturated heterocycles. The molecule has 7 heteroatoms. The molecule has 6 nitrogen and oxygen atoms in total. The van der Waals surface area contributed by atoms with Gasteiger partial charge < -0.3 is 10.1 Å². The first-order valence-corrected chi connectivity index (χ1v) is 8.81. The molecule has 0 unspecified atom stereocenters. The number of halogens is 1. The van der Waals surface area contributed by atoms with Gasteiger partial charge >= 0.3 is 0 Å². The molecule has 0 spiro atoms. The monoisotopic (exact) mass is 379 g/mol. The van der Waals surface area contributed by atoms with Crippen molar-refractivity contribution in [1.82, 2.24) is 19.7 Å². The Labute approximate surface area is 161 Å². The Morgan fingerprint density at radius 2 is 1.93 bits per heavy atom. The van der Waals surface area contributed by atoms with Gasteiger partial charge in [-0.2, -0.15) is 5.10 Å². The highest BCUT2D eigenvalue weighted by molar-refractivity contribution is 6.31. The van der Waals surface area contributed by atoms with Gasteiger partial charge in [-0.25, -0.2) is 14.6 Å². The quantitative estimate of drug-likeness (QED) is 0.549. The summed E-state index contributed by atoms with van der Waals surface area (Å²) in [5, 5.41) is 9.23. The molecular formula is C20H18ClN5O. The molecule has 0 aliphatic rings. The predicted molar refractivity (Wildman–Crippen MR) is 107 cm³/mol. The van der Waals surface area contributed by atoms with Gasteiger partial charge in [-0.05, 0) is 43.7 Å². The highest BCUT2D eigenvalue weighted by Crippen LogP contribution is 2.32. The fraction of sp³-hybridized carbons (Fsp3) is 0.150. The zero-order valence-electron chi connectivity index (χ0n) is 15.2. The molecule has 0 aliphatic heterocycles. The summed E-state index contributed by atoms with van der Waals surface area (Å²) < 4.78 is 7.23. The number of hydrogen-bond acceptors (Lipinski definition) is 5. The van der Waals surface area contributed by atoms with Crippen molar-refractivity contribution >= 4 is 34.1 Å². The van der Waals surface area contributed by atoms with Crippen LogP contribution < -0.4 is 10.1 Å². The molecule has 2 heterocycles. The molecule has 0 radical (unpaired) electrons. The third-order valence-electron chi connectivity index (χ3n) is 4.36. The van der Waals surface area contributed by atoms with Crippen LogP contribution >= 0.6 is 11.6 Å². The van der Waals surface area contributed by atoms with Crippen LogP contribution in [0.5, 0.6) is 5.75 Å². The summed E-state index contributed by atoms with van der Waals surface area (Å²) in [6.45, 7) is 4.13. The topological polar surface area (TPSA) is 64.9 Å². The van der Waals surface area contributed by atoms with Gasteiger partial charge in [0.2, 0.25) is 0 Å². The molecule has 0 amide bonds. The first kappa shape index (κ1) is 17.3. The number of aromatic nitrogens is 4. The van der Waals surface area contributed by atoms with E-state index in [1.165, 1.54) is 11.9 Å². The summed E-state index contributed by atoms with van der Waals surface area (Å²) in [6.07, 6.45) is 3.28. The van der Waals surface area contributed by atoms with Crippen molar-refractivity contribution in [2.45, 2.75) is 13.8 Å². The van der Waals surface area contributed by atoms with Crippen LogP contribution in [0, 0.1) is 13.8 Å². The number of nitrogens with zero attached hydrogens (tertiary/aromatic N) is 4. The summed E-state index contributed by atoms with van der Waals surface area (Å²) in [5.74, 6) is 1.31. The molecule has 4 aromatic rings. The second-order valence-corrected chi connectivity index (χ2v) is 6.71. The lowest BCUT2D eigenvalue weighted by molar-refractivity contribution is 0.417. The molecule has 0 fully saturated rings. The van der Waals surface area contributed by atoms with Gasteiger partial charge in [-0.15, -0.1) is 0 Å². The molecule has 0 atom stereocenters. The van der Waals surface area contributed by atoms with E-state index in [1.54, 1.807) is 25.4 Å². The lowest BCUT2D eigenvalue weighted by atomic mass is 10.1. The number of fused-ring (bicyclic) bond motifs is 1. The highest BCUT2D eigenvalue weighted by Gasteiger charge is 2.14. The van der Waals surface area contributed by atoms with Gasteiger partial charge in [0.05, 0.1) is 30.1 Å². The number of aryl methyl sites for hydroxylation is 2. The van der Waals surface area contributed by atoms with Gasteiger partial charge in [-0.3, -0.25) is 0 Å². The second-order valence-electron chi connectivity index (χ2n) is 6.28. The van der Waals surface area contributed by atoms with Crippen molar-refractivity contribution < 1.29 is 4.74 Å². The maximum atomic E-state index is 6.13. The molecule has 2 aromatic heterocycles. The Morgan fingerprint density at radius 1 is 1.07 bits per heavy atom. The SMILES string of the molecule is COc1ccc(Cl)cc1Nc1ncnc2c1cnn2-c1ccc(C)cc1C. The Morgan fingerprint density at radius 3 is 2.70 bits per heavy atom. The minimum Gasteiger partial charge on any atom is -0.495 e. The molecule has 136 valence electrons. The molecule has 27 heavy (non-hydrogen) atoms. The number of ether oxygens (including phenoxy) is 1. The number of anilines is 2. The van der Waals surface area contributed by atoms with Crippen LogP contribution in [0.2, 0.25) is 5.02 Å². The van der Waals surface area contributed by atoms with Gasteiger partial charge in [0, 0.05) is 5.02 Å². The highest BCUT2D eigenvalue weighted by atomic mass is 35.5. The zero-order valence-corrected chi connectivity index (χ0v) is 15.9. The molecular weight excluding hydrogens is 362 g/mol. The first-order chi connectivity index (χ1) is 13.1. The fourth-order valence-corrected chi connectivity index (χ4v) is 3.24. The van der Waals surface area contributed by atoms with Crippen LogP contribution in [0.1, 0.15) is 11.1 Å². The summed E-state index contributed by atoms with van der Waals surface area (Å²) in [5.41, 5.74) is 4.77. The predicted octanol–water partition coefficient (Wildman–Crippen LogP) is 4.84. The lowest BCUT2D eigenvalue weighted by Gasteiger charge is -2.12. The summed E-state index contributed by atoms with van der Waals surface area (Å²) >= 11 is 6.13. The minimum atomic E-state index is 0.606. The molecule has 1 N–H and O–H groups in total. The van der Waals surface area contributed by atoms with Gasteiger partial charge in [0.25, 0.3) is 0 Å². The third-order valence-corrected chi connectivity index (χ3v) is 4.60. The standard InChI is InChI=1S/C20H18ClN5O/c1-12-4-6-17(13(2)8-12)26-20-15(10-24-26)19(22-11-23-20)25-16-9-14(21)5-7-18(16)27-3/h4-11H,1-3H3,(H,22,23,25). The smallest absolute Gasteiger partial charge is 0.168 e. The Balaban J connectivity index is 1.81. The zero-order chi connectivity index (χ0) is 19.0. The summed E-state index contributed by atoms with van der Waals surface area (Å²) in [7, 11) is 1.61.